The van der Waals surface area contributed by atoms with Crippen molar-refractivity contribution in [3.8, 4) is 22.9 Å². The normalized spacial score (nSPS) is 13.2. The minimum atomic E-state index is -0.0744. The molecule has 0 aliphatic heterocycles. The third-order valence-electron chi connectivity index (χ3n) is 5.57. The Labute approximate surface area is 192 Å². The van der Waals surface area contributed by atoms with Crippen LogP contribution in [0.5, 0.6) is 11.5 Å². The van der Waals surface area contributed by atoms with Crippen molar-refractivity contribution in [3.63, 3.8) is 0 Å². The molecule has 1 aliphatic carbocycles. The van der Waals surface area contributed by atoms with Crippen LogP contribution in [0.25, 0.3) is 21.6 Å². The molecule has 0 saturated carbocycles. The van der Waals surface area contributed by atoms with Gasteiger partial charge in [-0.25, -0.2) is 4.98 Å². The van der Waals surface area contributed by atoms with Crippen LogP contribution < -0.4 is 15.0 Å². The molecule has 5 rings (SSSR count). The highest BCUT2D eigenvalue weighted by atomic mass is 79.9. The molecule has 0 saturated heterocycles. The topological polar surface area (TPSA) is 64.2 Å². The summed E-state index contributed by atoms with van der Waals surface area (Å²) >= 11 is 5.27. The van der Waals surface area contributed by atoms with Crippen LogP contribution in [0.15, 0.2) is 51.7 Å². The number of fused-ring (bicyclic) bond motifs is 3. The van der Waals surface area contributed by atoms with Crippen molar-refractivity contribution in [1.82, 2.24) is 9.97 Å². The molecule has 158 valence electrons. The predicted octanol–water partition coefficient (Wildman–Crippen LogP) is 5.88. The SMILES string of the molecule is COc1cc(-c2nc3sc4c(c3c(=O)[nH]2)CCCC4)c(Br)cc1OCc1ccccc1. The molecule has 5 nitrogen and oxygen atoms in total. The number of thiophene rings is 1. The molecule has 0 radical (unpaired) electrons. The molecule has 7 heteroatoms. The molecule has 0 amide bonds. The Morgan fingerprint density at radius 3 is 2.74 bits per heavy atom. The van der Waals surface area contributed by atoms with Gasteiger partial charge in [0, 0.05) is 14.9 Å². The number of aromatic amines is 1. The van der Waals surface area contributed by atoms with Gasteiger partial charge >= 0.3 is 0 Å². The Hall–Kier alpha value is -2.64. The minimum absolute atomic E-state index is 0.0744. The summed E-state index contributed by atoms with van der Waals surface area (Å²) in [6, 6.07) is 13.7. The number of methoxy groups -OCH3 is 1. The average molecular weight is 497 g/mol. The highest BCUT2D eigenvalue weighted by Gasteiger charge is 2.21. The molecule has 0 spiro atoms. The summed E-state index contributed by atoms with van der Waals surface area (Å²) in [7, 11) is 1.61. The maximum Gasteiger partial charge on any atom is 0.260 e. The van der Waals surface area contributed by atoms with Crippen molar-refractivity contribution in [1.29, 1.82) is 0 Å². The van der Waals surface area contributed by atoms with Crippen LogP contribution >= 0.6 is 27.3 Å². The second kappa shape index (κ2) is 8.48. The van der Waals surface area contributed by atoms with Crippen molar-refractivity contribution < 1.29 is 9.47 Å². The van der Waals surface area contributed by atoms with E-state index in [0.29, 0.717) is 23.9 Å². The second-order valence-electron chi connectivity index (χ2n) is 7.56. The van der Waals surface area contributed by atoms with E-state index in [0.717, 1.165) is 45.1 Å². The number of H-pyrrole nitrogens is 1. The first kappa shape index (κ1) is 20.3. The van der Waals surface area contributed by atoms with Gasteiger partial charge in [0.25, 0.3) is 5.56 Å². The highest BCUT2D eigenvalue weighted by molar-refractivity contribution is 9.10. The molecule has 2 aromatic carbocycles. The fraction of sp³-hybridized carbons (Fsp3) is 0.250. The van der Waals surface area contributed by atoms with Crippen molar-refractivity contribution in [3.05, 3.63) is 73.3 Å². The van der Waals surface area contributed by atoms with Gasteiger partial charge in [-0.05, 0) is 64.9 Å². The van der Waals surface area contributed by atoms with Crippen LogP contribution in [0.3, 0.4) is 0 Å². The summed E-state index contributed by atoms with van der Waals surface area (Å²) in [6.45, 7) is 0.435. The Bertz CT molecular complexity index is 1310. The van der Waals surface area contributed by atoms with Gasteiger partial charge in [0.15, 0.2) is 11.5 Å². The lowest BCUT2D eigenvalue weighted by Crippen LogP contribution is -2.11. The first-order valence-electron chi connectivity index (χ1n) is 10.2. The predicted molar refractivity (Wildman–Crippen MR) is 127 cm³/mol. The summed E-state index contributed by atoms with van der Waals surface area (Å²) in [6.07, 6.45) is 4.31. The Morgan fingerprint density at radius 2 is 1.94 bits per heavy atom. The van der Waals surface area contributed by atoms with Gasteiger partial charge in [-0.3, -0.25) is 4.79 Å². The van der Waals surface area contributed by atoms with Gasteiger partial charge in [-0.2, -0.15) is 0 Å². The van der Waals surface area contributed by atoms with Crippen molar-refractivity contribution in [2.75, 3.05) is 7.11 Å². The smallest absolute Gasteiger partial charge is 0.260 e. The Morgan fingerprint density at radius 1 is 1.13 bits per heavy atom. The largest absolute Gasteiger partial charge is 0.493 e. The lowest BCUT2D eigenvalue weighted by atomic mass is 9.97. The van der Waals surface area contributed by atoms with Gasteiger partial charge in [-0.1, -0.05) is 30.3 Å². The molecule has 31 heavy (non-hydrogen) atoms. The number of rotatable bonds is 5. The van der Waals surface area contributed by atoms with E-state index in [1.54, 1.807) is 18.4 Å². The van der Waals surface area contributed by atoms with Gasteiger partial charge in [0.2, 0.25) is 0 Å². The van der Waals surface area contributed by atoms with Gasteiger partial charge in [0.1, 0.15) is 17.3 Å². The monoisotopic (exact) mass is 496 g/mol. The maximum absolute atomic E-state index is 12.9. The van der Waals surface area contributed by atoms with E-state index in [4.69, 9.17) is 14.5 Å². The van der Waals surface area contributed by atoms with Gasteiger partial charge in [-0.15, -0.1) is 11.3 Å². The third-order valence-corrected chi connectivity index (χ3v) is 7.41. The molecule has 4 aromatic rings. The Kier molecular flexibility index (Phi) is 5.54. The molecule has 2 heterocycles. The van der Waals surface area contributed by atoms with E-state index in [9.17, 15) is 4.79 Å². The van der Waals surface area contributed by atoms with Crippen LogP contribution in [0, 0.1) is 0 Å². The summed E-state index contributed by atoms with van der Waals surface area (Å²) in [5.41, 5.74) is 2.94. The summed E-state index contributed by atoms with van der Waals surface area (Å²) in [4.78, 5) is 22.8. The van der Waals surface area contributed by atoms with Crippen LogP contribution in [-0.2, 0) is 19.4 Å². The molecule has 2 aromatic heterocycles. The summed E-state index contributed by atoms with van der Waals surface area (Å²) < 4.78 is 12.3. The summed E-state index contributed by atoms with van der Waals surface area (Å²) in [5.74, 6) is 1.73. The number of nitrogens with zero attached hydrogens (tertiary/aromatic N) is 1. The molecule has 0 atom stereocenters. The minimum Gasteiger partial charge on any atom is -0.493 e. The first-order valence-corrected chi connectivity index (χ1v) is 11.8. The van der Waals surface area contributed by atoms with Crippen molar-refractivity contribution in [2.45, 2.75) is 32.3 Å². The molecule has 1 N–H and O–H groups in total. The van der Waals surface area contributed by atoms with E-state index in [2.05, 4.69) is 20.9 Å². The number of ether oxygens (including phenoxy) is 2. The molecule has 1 aliphatic rings. The van der Waals surface area contributed by atoms with Crippen molar-refractivity contribution in [2.24, 2.45) is 0 Å². The molecule has 0 unspecified atom stereocenters. The quantitative estimate of drug-likeness (QED) is 0.374. The second-order valence-corrected chi connectivity index (χ2v) is 9.50. The van der Waals surface area contributed by atoms with Gasteiger partial charge < -0.3 is 14.5 Å². The fourth-order valence-electron chi connectivity index (χ4n) is 4.02. The number of halogens is 1. The fourth-order valence-corrected chi connectivity index (χ4v) is 5.79. The number of nitrogens with one attached hydrogen (secondary N) is 1. The molecule has 0 fully saturated rings. The standard InChI is InChI=1S/C24H21BrN2O3S/c1-29-18-11-16(17(25)12-19(18)30-13-14-7-3-2-4-8-14)22-26-23(28)21-15-9-5-6-10-20(15)31-24(21)27-22/h2-4,7-8,11-12H,5-6,9-10,13H2,1H3,(H,26,27,28). The van der Waals surface area contributed by atoms with Crippen LogP contribution in [-0.4, -0.2) is 17.1 Å². The number of hydrogen-bond donors (Lipinski definition) is 1. The van der Waals surface area contributed by atoms with E-state index in [1.165, 1.54) is 16.9 Å². The third kappa shape index (κ3) is 3.88. The van der Waals surface area contributed by atoms with E-state index in [-0.39, 0.29) is 5.56 Å². The zero-order chi connectivity index (χ0) is 21.4. The van der Waals surface area contributed by atoms with Crippen LogP contribution in [0.2, 0.25) is 0 Å². The molecular formula is C24H21BrN2O3S. The number of aryl methyl sites for hydroxylation is 2. The number of aromatic nitrogens is 2. The lowest BCUT2D eigenvalue weighted by molar-refractivity contribution is 0.284. The summed E-state index contributed by atoms with van der Waals surface area (Å²) in [5, 5.41) is 0.759. The van der Waals surface area contributed by atoms with Crippen molar-refractivity contribution >= 4 is 37.5 Å². The molecule has 0 bridgehead atoms. The zero-order valence-electron chi connectivity index (χ0n) is 17.0. The number of benzene rings is 2. The first-order chi connectivity index (χ1) is 15.1. The zero-order valence-corrected chi connectivity index (χ0v) is 19.4. The van der Waals surface area contributed by atoms with E-state index in [1.807, 2.05) is 42.5 Å². The van der Waals surface area contributed by atoms with Crippen LogP contribution in [0.1, 0.15) is 28.8 Å². The molecular weight excluding hydrogens is 476 g/mol. The van der Waals surface area contributed by atoms with E-state index < -0.39 is 0 Å². The van der Waals surface area contributed by atoms with E-state index >= 15 is 0 Å². The highest BCUT2D eigenvalue weighted by Crippen LogP contribution is 2.39. The average Bonchev–Trinajstić information content (AvgIpc) is 3.17. The lowest BCUT2D eigenvalue weighted by Gasteiger charge is -2.14. The number of hydrogen-bond acceptors (Lipinski definition) is 5. The maximum atomic E-state index is 12.9. The van der Waals surface area contributed by atoms with Gasteiger partial charge in [0.05, 0.1) is 12.5 Å². The van der Waals surface area contributed by atoms with Crippen LogP contribution in [0.4, 0.5) is 0 Å². The Balaban J connectivity index is 1.52.